The van der Waals surface area contributed by atoms with Crippen LogP contribution in [0.4, 0.5) is 4.39 Å². The van der Waals surface area contributed by atoms with Gasteiger partial charge < -0.3 is 10.5 Å². The minimum atomic E-state index is -0.283. The average molecular weight is 225 g/mol. The van der Waals surface area contributed by atoms with Crippen LogP contribution in [0.1, 0.15) is 44.7 Å². The molecule has 1 unspecified atom stereocenters. The number of hydrogen-bond acceptors (Lipinski definition) is 2. The van der Waals surface area contributed by atoms with Gasteiger partial charge >= 0.3 is 0 Å². The molecule has 0 radical (unpaired) electrons. The van der Waals surface area contributed by atoms with E-state index in [2.05, 4.69) is 6.92 Å². The van der Waals surface area contributed by atoms with E-state index in [1.165, 1.54) is 12.1 Å². The van der Waals surface area contributed by atoms with Crippen LogP contribution in [0, 0.1) is 5.82 Å². The van der Waals surface area contributed by atoms with E-state index in [1.54, 1.807) is 6.07 Å². The summed E-state index contributed by atoms with van der Waals surface area (Å²) in [6.45, 7) is 4.62. The van der Waals surface area contributed by atoms with Gasteiger partial charge in [-0.15, -0.1) is 0 Å². The fraction of sp³-hybridized carbons (Fsp3) is 0.538. The highest BCUT2D eigenvalue weighted by atomic mass is 19.1. The molecule has 0 aliphatic rings. The number of halogens is 1. The Morgan fingerprint density at radius 2 is 2.12 bits per heavy atom. The van der Waals surface area contributed by atoms with Crippen molar-refractivity contribution in [1.82, 2.24) is 0 Å². The van der Waals surface area contributed by atoms with E-state index in [4.69, 9.17) is 10.5 Å². The Bertz CT molecular complexity index is 326. The predicted molar refractivity (Wildman–Crippen MR) is 64.0 cm³/mol. The first kappa shape index (κ1) is 13.0. The van der Waals surface area contributed by atoms with Crippen LogP contribution in [0.25, 0.3) is 0 Å². The predicted octanol–water partition coefficient (Wildman–Crippen LogP) is 3.41. The van der Waals surface area contributed by atoms with Gasteiger partial charge in [-0.3, -0.25) is 0 Å². The van der Waals surface area contributed by atoms with Crippen LogP contribution in [0.5, 0.6) is 5.75 Å². The van der Waals surface area contributed by atoms with Gasteiger partial charge in [0.15, 0.2) is 0 Å². The average Bonchev–Trinajstić information content (AvgIpc) is 2.24. The normalized spacial score (nSPS) is 12.5. The first-order valence-corrected chi connectivity index (χ1v) is 5.83. The number of benzene rings is 1. The molecule has 1 atom stereocenters. The Balaban J connectivity index is 2.65. The molecule has 0 heterocycles. The summed E-state index contributed by atoms with van der Waals surface area (Å²) in [7, 11) is 0. The quantitative estimate of drug-likeness (QED) is 0.753. The van der Waals surface area contributed by atoms with Gasteiger partial charge in [0.05, 0.1) is 6.61 Å². The molecule has 16 heavy (non-hydrogen) atoms. The Morgan fingerprint density at radius 3 is 2.75 bits per heavy atom. The Morgan fingerprint density at radius 1 is 1.38 bits per heavy atom. The second-order valence-corrected chi connectivity index (χ2v) is 4.03. The zero-order chi connectivity index (χ0) is 12.0. The standard InChI is InChI=1S/C13H20FNO/c1-3-4-5-8-16-13-9-11(14)6-7-12(13)10(2)15/h6-7,9-10H,3-5,8,15H2,1-2H3. The lowest BCUT2D eigenvalue weighted by atomic mass is 10.1. The summed E-state index contributed by atoms with van der Waals surface area (Å²) in [6.07, 6.45) is 3.26. The van der Waals surface area contributed by atoms with Gasteiger partial charge in [0.25, 0.3) is 0 Å². The van der Waals surface area contributed by atoms with Gasteiger partial charge in [-0.2, -0.15) is 0 Å². The van der Waals surface area contributed by atoms with E-state index in [0.717, 1.165) is 24.8 Å². The lowest BCUT2D eigenvalue weighted by Gasteiger charge is -2.13. The van der Waals surface area contributed by atoms with Crippen LogP contribution in [-0.2, 0) is 0 Å². The Kier molecular flexibility index (Phi) is 5.26. The molecule has 0 aromatic heterocycles. The molecule has 0 saturated carbocycles. The lowest BCUT2D eigenvalue weighted by Crippen LogP contribution is -2.09. The summed E-state index contributed by atoms with van der Waals surface area (Å²) in [5, 5.41) is 0. The van der Waals surface area contributed by atoms with Crippen LogP contribution in [0.2, 0.25) is 0 Å². The van der Waals surface area contributed by atoms with Crippen molar-refractivity contribution < 1.29 is 9.13 Å². The molecular weight excluding hydrogens is 205 g/mol. The van der Waals surface area contributed by atoms with Gasteiger partial charge in [-0.25, -0.2) is 4.39 Å². The molecule has 0 fully saturated rings. The minimum Gasteiger partial charge on any atom is -0.493 e. The molecule has 0 aliphatic heterocycles. The third-order valence-corrected chi connectivity index (χ3v) is 2.47. The maximum Gasteiger partial charge on any atom is 0.126 e. The number of unbranched alkanes of at least 4 members (excludes halogenated alkanes) is 2. The van der Waals surface area contributed by atoms with Crippen molar-refractivity contribution >= 4 is 0 Å². The van der Waals surface area contributed by atoms with E-state index in [-0.39, 0.29) is 11.9 Å². The molecule has 0 bridgehead atoms. The van der Waals surface area contributed by atoms with Gasteiger partial charge in [0.2, 0.25) is 0 Å². The van der Waals surface area contributed by atoms with Crippen molar-refractivity contribution in [3.63, 3.8) is 0 Å². The van der Waals surface area contributed by atoms with E-state index >= 15 is 0 Å². The summed E-state index contributed by atoms with van der Waals surface area (Å²) in [5.41, 5.74) is 6.65. The van der Waals surface area contributed by atoms with Crippen LogP contribution in [-0.4, -0.2) is 6.61 Å². The van der Waals surface area contributed by atoms with E-state index in [0.29, 0.717) is 12.4 Å². The van der Waals surface area contributed by atoms with Crippen molar-refractivity contribution in [2.75, 3.05) is 6.61 Å². The summed E-state index contributed by atoms with van der Waals surface area (Å²) < 4.78 is 18.6. The maximum atomic E-state index is 13.1. The van der Waals surface area contributed by atoms with Crippen LogP contribution in [0.15, 0.2) is 18.2 Å². The number of rotatable bonds is 6. The van der Waals surface area contributed by atoms with Gasteiger partial charge in [-0.05, 0) is 19.4 Å². The first-order valence-electron chi connectivity index (χ1n) is 5.83. The summed E-state index contributed by atoms with van der Waals surface area (Å²) in [6, 6.07) is 4.37. The van der Waals surface area contributed by atoms with Crippen LogP contribution in [0.3, 0.4) is 0 Å². The summed E-state index contributed by atoms with van der Waals surface area (Å²) >= 11 is 0. The van der Waals surface area contributed by atoms with Crippen molar-refractivity contribution in [3.8, 4) is 5.75 Å². The third-order valence-electron chi connectivity index (χ3n) is 2.47. The van der Waals surface area contributed by atoms with Crippen molar-refractivity contribution in [2.24, 2.45) is 5.73 Å². The van der Waals surface area contributed by atoms with Crippen molar-refractivity contribution in [3.05, 3.63) is 29.6 Å². The first-order chi connectivity index (χ1) is 7.65. The largest absolute Gasteiger partial charge is 0.493 e. The zero-order valence-corrected chi connectivity index (χ0v) is 10.0. The van der Waals surface area contributed by atoms with Crippen LogP contribution < -0.4 is 10.5 Å². The summed E-state index contributed by atoms with van der Waals surface area (Å²) in [5.74, 6) is 0.293. The molecule has 0 spiro atoms. The second-order valence-electron chi connectivity index (χ2n) is 4.03. The number of hydrogen-bond donors (Lipinski definition) is 1. The molecule has 1 aromatic rings. The number of ether oxygens (including phenoxy) is 1. The van der Waals surface area contributed by atoms with Gasteiger partial charge in [0, 0.05) is 17.7 Å². The topological polar surface area (TPSA) is 35.2 Å². The molecule has 0 amide bonds. The minimum absolute atomic E-state index is 0.137. The van der Waals surface area contributed by atoms with Gasteiger partial charge in [-0.1, -0.05) is 25.8 Å². The van der Waals surface area contributed by atoms with Crippen LogP contribution >= 0.6 is 0 Å². The summed E-state index contributed by atoms with van der Waals surface area (Å²) in [4.78, 5) is 0. The second kappa shape index (κ2) is 6.48. The number of nitrogens with two attached hydrogens (primary N) is 1. The molecule has 0 aliphatic carbocycles. The smallest absolute Gasteiger partial charge is 0.126 e. The highest BCUT2D eigenvalue weighted by Gasteiger charge is 2.09. The Hall–Kier alpha value is -1.09. The molecule has 1 rings (SSSR count). The maximum absolute atomic E-state index is 13.1. The molecule has 2 N–H and O–H groups in total. The highest BCUT2D eigenvalue weighted by molar-refractivity contribution is 5.36. The fourth-order valence-corrected chi connectivity index (χ4v) is 1.54. The highest BCUT2D eigenvalue weighted by Crippen LogP contribution is 2.25. The molecular formula is C13H20FNO. The zero-order valence-electron chi connectivity index (χ0n) is 10.0. The Labute approximate surface area is 96.6 Å². The fourth-order valence-electron chi connectivity index (χ4n) is 1.54. The molecule has 3 heteroatoms. The van der Waals surface area contributed by atoms with Crippen molar-refractivity contribution in [2.45, 2.75) is 39.2 Å². The van der Waals surface area contributed by atoms with E-state index in [1.807, 2.05) is 6.92 Å². The SMILES string of the molecule is CCCCCOc1cc(F)ccc1C(C)N. The molecule has 90 valence electrons. The van der Waals surface area contributed by atoms with Gasteiger partial charge in [0.1, 0.15) is 11.6 Å². The molecule has 0 saturated heterocycles. The van der Waals surface area contributed by atoms with Crippen molar-refractivity contribution in [1.29, 1.82) is 0 Å². The monoisotopic (exact) mass is 225 g/mol. The molecule has 1 aromatic carbocycles. The molecule has 2 nitrogen and oxygen atoms in total. The van der Waals surface area contributed by atoms with E-state index in [9.17, 15) is 4.39 Å². The lowest BCUT2D eigenvalue weighted by molar-refractivity contribution is 0.300. The third kappa shape index (κ3) is 3.81. The van der Waals surface area contributed by atoms with E-state index < -0.39 is 0 Å².